The fraction of sp³-hybridized carbons (Fsp3) is 0.378. The summed E-state index contributed by atoms with van der Waals surface area (Å²) < 4.78 is 11.2. The number of allylic oxidation sites excluding steroid dienone is 1. The summed E-state index contributed by atoms with van der Waals surface area (Å²) in [5.41, 5.74) is 1.73. The van der Waals surface area contributed by atoms with Crippen LogP contribution in [0.1, 0.15) is 65.6 Å². The molecule has 0 saturated heterocycles. The molecule has 3 aromatic carbocycles. The Labute approximate surface area is 281 Å². The molecule has 3 aromatic rings. The van der Waals surface area contributed by atoms with E-state index in [0.717, 1.165) is 62.9 Å². The molecular weight excluding hydrogens is 618 g/mol. The summed E-state index contributed by atoms with van der Waals surface area (Å²) in [4.78, 5) is 43.2. The predicted octanol–water partition coefficient (Wildman–Crippen LogP) is 6.26. The van der Waals surface area contributed by atoms with E-state index in [1.807, 2.05) is 24.3 Å². The fourth-order valence-corrected chi connectivity index (χ4v) is 6.16. The topological polar surface area (TPSA) is 108 Å². The molecule has 248 valence electrons. The molecule has 0 saturated carbocycles. The van der Waals surface area contributed by atoms with Gasteiger partial charge in [0.25, 0.3) is 5.91 Å². The Morgan fingerprint density at radius 2 is 1.72 bits per heavy atom. The number of nitrogens with zero attached hydrogens (tertiary/aromatic N) is 2. The Morgan fingerprint density at radius 1 is 0.957 bits per heavy atom. The van der Waals surface area contributed by atoms with Crippen molar-refractivity contribution in [2.45, 2.75) is 57.2 Å². The van der Waals surface area contributed by atoms with Gasteiger partial charge in [0, 0.05) is 37.4 Å². The van der Waals surface area contributed by atoms with Gasteiger partial charge in [0.2, 0.25) is 5.91 Å². The van der Waals surface area contributed by atoms with Gasteiger partial charge in [-0.1, -0.05) is 35.9 Å². The first-order chi connectivity index (χ1) is 22.7. The number of rotatable bonds is 3. The third kappa shape index (κ3) is 8.34. The maximum Gasteiger partial charge on any atom is 0.337 e. The number of methoxy groups -OCH3 is 1. The minimum absolute atomic E-state index is 0.280. The molecule has 2 N–H and O–H groups in total. The Hall–Kier alpha value is -4.34. The minimum Gasteiger partial charge on any atom is -0.487 e. The molecule has 0 spiro atoms. The highest BCUT2D eigenvalue weighted by atomic mass is 35.5. The van der Waals surface area contributed by atoms with Crippen LogP contribution in [0.3, 0.4) is 0 Å². The predicted molar refractivity (Wildman–Crippen MR) is 183 cm³/mol. The number of hydrogen-bond acceptors (Lipinski definition) is 7. The number of likely N-dealkylation sites (N-methyl/N-ethyl adjacent to an activating group) is 1. The first kappa shape index (κ1) is 34.0. The summed E-state index contributed by atoms with van der Waals surface area (Å²) in [6, 6.07) is 17.3. The number of aliphatic hydroxyl groups is 1. The summed E-state index contributed by atoms with van der Waals surface area (Å²) in [5, 5.41) is 15.7. The third-order valence-electron chi connectivity index (χ3n) is 8.82. The minimum atomic E-state index is -2.22. The van der Waals surface area contributed by atoms with E-state index in [1.165, 1.54) is 29.7 Å². The second-order valence-corrected chi connectivity index (χ2v) is 12.6. The quantitative estimate of drug-likeness (QED) is 0.252. The van der Waals surface area contributed by atoms with E-state index in [-0.39, 0.29) is 11.5 Å². The van der Waals surface area contributed by atoms with Crippen molar-refractivity contribution >= 4 is 40.8 Å². The monoisotopic (exact) mass is 659 g/mol. The number of esters is 1. The van der Waals surface area contributed by atoms with E-state index in [9.17, 15) is 19.5 Å². The smallest absolute Gasteiger partial charge is 0.337 e. The molecule has 2 aliphatic heterocycles. The van der Waals surface area contributed by atoms with Crippen molar-refractivity contribution in [2.75, 3.05) is 44.0 Å². The summed E-state index contributed by atoms with van der Waals surface area (Å²) in [7, 11) is 2.95. The van der Waals surface area contributed by atoms with Crippen molar-refractivity contribution in [3.05, 3.63) is 100 Å². The van der Waals surface area contributed by atoms with Crippen LogP contribution >= 0.6 is 11.6 Å². The van der Waals surface area contributed by atoms with Crippen LogP contribution in [-0.4, -0.2) is 61.6 Å². The molecule has 2 amide bonds. The number of benzene rings is 3. The van der Waals surface area contributed by atoms with E-state index >= 15 is 0 Å². The standard InChI is InChI=1S/C37H42ClN3O6/c1-40-19-7-4-3-5-8-20-41-21-9-6-10-27-22-30(38)15-11-28(27)25-47-33-18-14-29(23-32(33)41)37(45,24-34(40)42)36(44)39-31-16-12-26(13-17-31)35(43)46-2/h4,7,11-18,22-23,45H,3,5-6,8-10,19-21,24-25H2,1-2H3,(H,39,44)/b7-4+/t37-/m0/s1. The van der Waals surface area contributed by atoms with Gasteiger partial charge in [0.05, 0.1) is 24.8 Å². The van der Waals surface area contributed by atoms with Gasteiger partial charge in [-0.2, -0.15) is 0 Å². The third-order valence-corrected chi connectivity index (χ3v) is 9.05. The molecular formula is C37H42ClN3O6. The van der Waals surface area contributed by atoms with E-state index < -0.39 is 23.9 Å². The number of amides is 2. The van der Waals surface area contributed by atoms with Crippen molar-refractivity contribution in [1.82, 2.24) is 4.90 Å². The molecule has 2 heterocycles. The molecule has 2 bridgehead atoms. The molecule has 9 nitrogen and oxygen atoms in total. The number of anilines is 2. The van der Waals surface area contributed by atoms with Crippen LogP contribution < -0.4 is 15.0 Å². The van der Waals surface area contributed by atoms with Crippen LogP contribution in [0, 0.1) is 0 Å². The van der Waals surface area contributed by atoms with Gasteiger partial charge in [0.15, 0.2) is 5.60 Å². The van der Waals surface area contributed by atoms with Gasteiger partial charge in [-0.25, -0.2) is 4.79 Å². The van der Waals surface area contributed by atoms with Crippen molar-refractivity contribution in [2.24, 2.45) is 0 Å². The van der Waals surface area contributed by atoms with Crippen molar-refractivity contribution in [3.63, 3.8) is 0 Å². The summed E-state index contributed by atoms with van der Waals surface area (Å²) in [6.07, 6.45) is 9.11. The molecule has 0 fully saturated rings. The lowest BCUT2D eigenvalue weighted by molar-refractivity contribution is -0.145. The van der Waals surface area contributed by atoms with Crippen LogP contribution in [0.5, 0.6) is 5.75 Å². The summed E-state index contributed by atoms with van der Waals surface area (Å²) in [6.45, 7) is 2.22. The number of nitrogens with one attached hydrogen (secondary N) is 1. The van der Waals surface area contributed by atoms with Crippen LogP contribution in [0.4, 0.5) is 11.4 Å². The number of carbonyl (C=O) groups is 3. The second-order valence-electron chi connectivity index (χ2n) is 12.1. The largest absolute Gasteiger partial charge is 0.487 e. The van der Waals surface area contributed by atoms with Crippen LogP contribution in [0.25, 0.3) is 0 Å². The molecule has 0 aromatic heterocycles. The van der Waals surface area contributed by atoms with Crippen molar-refractivity contribution in [3.8, 4) is 5.75 Å². The molecule has 5 rings (SSSR count). The molecule has 0 radical (unpaired) electrons. The first-order valence-corrected chi connectivity index (χ1v) is 16.5. The lowest BCUT2D eigenvalue weighted by atomic mass is 9.87. The first-order valence-electron chi connectivity index (χ1n) is 16.1. The Balaban J connectivity index is 1.55. The van der Waals surface area contributed by atoms with Gasteiger partial charge in [-0.05, 0) is 104 Å². The van der Waals surface area contributed by atoms with Gasteiger partial charge in [0.1, 0.15) is 12.4 Å². The number of ether oxygens (including phenoxy) is 2. The highest BCUT2D eigenvalue weighted by molar-refractivity contribution is 6.30. The zero-order valence-electron chi connectivity index (χ0n) is 27.0. The van der Waals surface area contributed by atoms with Crippen LogP contribution in [-0.2, 0) is 33.0 Å². The van der Waals surface area contributed by atoms with Crippen LogP contribution in [0.15, 0.2) is 72.8 Å². The van der Waals surface area contributed by atoms with Crippen LogP contribution in [0.2, 0.25) is 5.02 Å². The van der Waals surface area contributed by atoms with E-state index in [1.54, 1.807) is 37.4 Å². The normalized spacial score (nSPS) is 20.0. The highest BCUT2D eigenvalue weighted by Crippen LogP contribution is 2.38. The molecule has 0 aliphatic carbocycles. The van der Waals surface area contributed by atoms with Gasteiger partial charge in [-0.3, -0.25) is 9.59 Å². The Bertz CT molecular complexity index is 1620. The summed E-state index contributed by atoms with van der Waals surface area (Å²) >= 11 is 6.33. The number of aryl methyl sites for hydroxylation is 1. The molecule has 0 unspecified atom stereocenters. The van der Waals surface area contributed by atoms with Gasteiger partial charge in [-0.15, -0.1) is 0 Å². The number of halogens is 1. The Morgan fingerprint density at radius 3 is 2.49 bits per heavy atom. The van der Waals surface area contributed by atoms with E-state index in [2.05, 4.69) is 16.3 Å². The number of fused-ring (bicyclic) bond motifs is 2. The zero-order chi connectivity index (χ0) is 33.4. The number of carbonyl (C=O) groups excluding carboxylic acids is 3. The molecule has 2 aliphatic rings. The second kappa shape index (κ2) is 15.5. The van der Waals surface area contributed by atoms with E-state index in [4.69, 9.17) is 21.1 Å². The van der Waals surface area contributed by atoms with Gasteiger partial charge >= 0.3 is 5.97 Å². The maximum absolute atomic E-state index is 14.0. The SMILES string of the molecule is COC(=O)c1ccc(NC(=O)[C@]2(O)CC(=O)N(C)C/C=C/CCCCN3CCCCc4cc(Cl)ccc4COc4ccc2cc43)cc1. The molecule has 10 heteroatoms. The van der Waals surface area contributed by atoms with Crippen molar-refractivity contribution < 1.29 is 29.0 Å². The molecule has 1 atom stereocenters. The average molecular weight is 660 g/mol. The van der Waals surface area contributed by atoms with Gasteiger partial charge < -0.3 is 29.7 Å². The fourth-order valence-electron chi connectivity index (χ4n) is 5.96. The lowest BCUT2D eigenvalue weighted by Crippen LogP contribution is -2.45. The Kier molecular flexibility index (Phi) is 11.2. The highest BCUT2D eigenvalue weighted by Gasteiger charge is 2.42. The average Bonchev–Trinajstić information content (AvgIpc) is 3.10. The summed E-state index contributed by atoms with van der Waals surface area (Å²) in [5.74, 6) is -1.03. The maximum atomic E-state index is 14.0. The number of hydrogen-bond donors (Lipinski definition) is 2. The van der Waals surface area contributed by atoms with Crippen molar-refractivity contribution in [1.29, 1.82) is 0 Å². The molecule has 47 heavy (non-hydrogen) atoms. The van der Waals surface area contributed by atoms with E-state index in [0.29, 0.717) is 35.2 Å². The zero-order valence-corrected chi connectivity index (χ0v) is 27.7. The lowest BCUT2D eigenvalue weighted by Gasteiger charge is -2.32.